The van der Waals surface area contributed by atoms with Crippen LogP contribution >= 0.6 is 0 Å². The molecule has 0 amide bonds. The monoisotopic (exact) mass is 343 g/mol. The first kappa shape index (κ1) is 17.8. The van der Waals surface area contributed by atoms with E-state index in [-0.39, 0.29) is 13.0 Å². The number of hydrogen-bond acceptors (Lipinski definition) is 5. The van der Waals surface area contributed by atoms with Crippen LogP contribution in [0.4, 0.5) is 13.2 Å². The lowest BCUT2D eigenvalue weighted by molar-refractivity contribution is -0.138. The van der Waals surface area contributed by atoms with Crippen molar-refractivity contribution in [2.45, 2.75) is 25.6 Å². The van der Waals surface area contributed by atoms with Crippen molar-refractivity contribution in [3.63, 3.8) is 0 Å². The van der Waals surface area contributed by atoms with Gasteiger partial charge in [0.1, 0.15) is 11.7 Å². The number of Topliss-reactive ketones (excluding diaryl/α,β-unsaturated/α-hetero) is 1. The molecule has 8 heteroatoms. The normalized spacial score (nSPS) is 19.6. The molecule has 2 rings (SSSR count). The fourth-order valence-electron chi connectivity index (χ4n) is 1.99. The third-order valence-electron chi connectivity index (χ3n) is 3.39. The molecule has 0 spiro atoms. The van der Waals surface area contributed by atoms with E-state index in [1.165, 1.54) is 6.92 Å². The Hall–Kier alpha value is -2.51. The minimum atomic E-state index is -1.23. The topological polar surface area (TPSA) is 64.6 Å². The van der Waals surface area contributed by atoms with Crippen LogP contribution in [-0.2, 0) is 9.53 Å². The van der Waals surface area contributed by atoms with Crippen LogP contribution in [0.25, 0.3) is 0 Å². The number of ketones is 1. The average molecular weight is 343 g/mol. The highest BCUT2D eigenvalue weighted by Crippen LogP contribution is 2.27. The van der Waals surface area contributed by atoms with Crippen LogP contribution in [0.15, 0.2) is 23.9 Å². The van der Waals surface area contributed by atoms with Crippen LogP contribution in [-0.4, -0.2) is 37.7 Å². The van der Waals surface area contributed by atoms with Gasteiger partial charge in [0, 0.05) is 12.6 Å². The van der Waals surface area contributed by atoms with E-state index >= 15 is 0 Å². The van der Waals surface area contributed by atoms with Gasteiger partial charge in [-0.25, -0.2) is 18.0 Å². The number of carbonyl (C=O) groups excluding carboxylic acids is 2. The highest BCUT2D eigenvalue weighted by atomic mass is 19.1. The minimum absolute atomic E-state index is 0.00611. The maximum atomic E-state index is 14.2. The first-order chi connectivity index (χ1) is 11.4. The Kier molecular flexibility index (Phi) is 5.48. The zero-order chi connectivity index (χ0) is 17.9. The summed E-state index contributed by atoms with van der Waals surface area (Å²) in [6.07, 6.45) is 0.182. The molecule has 1 aromatic carbocycles. The first-order valence-electron chi connectivity index (χ1n) is 7.24. The van der Waals surface area contributed by atoms with Gasteiger partial charge in [0.25, 0.3) is 0 Å². The van der Waals surface area contributed by atoms with Gasteiger partial charge in [-0.2, -0.15) is 0 Å². The molecular formula is C16H16F3NO4. The van der Waals surface area contributed by atoms with E-state index in [0.717, 1.165) is 25.4 Å². The van der Waals surface area contributed by atoms with E-state index in [9.17, 15) is 22.8 Å². The Balaban J connectivity index is 2.35. The minimum Gasteiger partial charge on any atom is -0.491 e. The molecule has 0 aromatic heterocycles. The van der Waals surface area contributed by atoms with Gasteiger partial charge in [-0.05, 0) is 19.1 Å². The average Bonchev–Trinajstić information content (AvgIpc) is 3.23. The maximum Gasteiger partial charge on any atom is 0.343 e. The number of ether oxygens (including phenoxy) is 2. The van der Waals surface area contributed by atoms with Crippen LogP contribution in [0.1, 0.15) is 23.7 Å². The van der Waals surface area contributed by atoms with Gasteiger partial charge in [-0.1, -0.05) is 0 Å². The van der Waals surface area contributed by atoms with Crippen LogP contribution in [0.2, 0.25) is 0 Å². The van der Waals surface area contributed by atoms with Crippen LogP contribution in [0.5, 0.6) is 5.75 Å². The van der Waals surface area contributed by atoms with E-state index in [1.807, 2.05) is 0 Å². The molecule has 1 fully saturated rings. The molecule has 0 unspecified atom stereocenters. The van der Waals surface area contributed by atoms with Crippen molar-refractivity contribution < 1.29 is 32.2 Å². The molecule has 1 N–H and O–H groups in total. The lowest BCUT2D eigenvalue weighted by Crippen LogP contribution is -2.22. The predicted molar refractivity (Wildman–Crippen MR) is 78.4 cm³/mol. The Labute approximate surface area is 136 Å². The Morgan fingerprint density at radius 3 is 2.58 bits per heavy atom. The largest absolute Gasteiger partial charge is 0.491 e. The summed E-state index contributed by atoms with van der Waals surface area (Å²) in [5.41, 5.74) is -1.06. The number of benzene rings is 1. The van der Waals surface area contributed by atoms with E-state index in [0.29, 0.717) is 0 Å². The number of alkyl halides is 1. The number of methoxy groups -OCH3 is 1. The molecule has 0 radical (unpaired) electrons. The third kappa shape index (κ3) is 3.69. The van der Waals surface area contributed by atoms with Gasteiger partial charge in [-0.15, -0.1) is 0 Å². The first-order valence-corrected chi connectivity index (χ1v) is 7.24. The fraction of sp³-hybridized carbons (Fsp3) is 0.375. The van der Waals surface area contributed by atoms with Gasteiger partial charge in [0.2, 0.25) is 5.78 Å². The molecule has 1 aliphatic rings. The van der Waals surface area contributed by atoms with Crippen LogP contribution in [0.3, 0.4) is 0 Å². The van der Waals surface area contributed by atoms with E-state index in [2.05, 4.69) is 10.1 Å². The smallest absolute Gasteiger partial charge is 0.343 e. The molecule has 2 atom stereocenters. The molecule has 24 heavy (non-hydrogen) atoms. The fourth-order valence-corrected chi connectivity index (χ4v) is 1.99. The molecule has 1 saturated carbocycles. The van der Waals surface area contributed by atoms with Crippen molar-refractivity contribution in [1.29, 1.82) is 0 Å². The zero-order valence-corrected chi connectivity index (χ0v) is 13.1. The summed E-state index contributed by atoms with van der Waals surface area (Å²) in [5, 5.41) is 2.57. The molecule has 0 heterocycles. The van der Waals surface area contributed by atoms with Crippen LogP contribution in [0, 0.1) is 11.6 Å². The number of hydrogen-bond donors (Lipinski definition) is 1. The van der Waals surface area contributed by atoms with Gasteiger partial charge in [-0.3, -0.25) is 4.79 Å². The Morgan fingerprint density at radius 1 is 1.38 bits per heavy atom. The molecule has 130 valence electrons. The quantitative estimate of drug-likeness (QED) is 0.271. The third-order valence-corrected chi connectivity index (χ3v) is 3.39. The van der Waals surface area contributed by atoms with Crippen molar-refractivity contribution in [2.24, 2.45) is 0 Å². The second-order valence-electron chi connectivity index (χ2n) is 5.07. The summed E-state index contributed by atoms with van der Waals surface area (Å²) in [4.78, 5) is 24.4. The number of carbonyl (C=O) groups is 2. The van der Waals surface area contributed by atoms with Crippen LogP contribution < -0.4 is 10.1 Å². The SMILES string of the molecule is CCOC(=O)C(=CN[C@@H]1C[C@@H]1F)C(=O)c1ccc(F)c(OC)c1F. The van der Waals surface area contributed by atoms with E-state index < -0.39 is 52.5 Å². The maximum absolute atomic E-state index is 14.2. The van der Waals surface area contributed by atoms with Gasteiger partial charge < -0.3 is 14.8 Å². The van der Waals surface area contributed by atoms with E-state index in [1.54, 1.807) is 0 Å². The zero-order valence-electron chi connectivity index (χ0n) is 13.1. The van der Waals surface area contributed by atoms with Crippen molar-refractivity contribution in [2.75, 3.05) is 13.7 Å². The number of nitrogens with one attached hydrogen (secondary N) is 1. The van der Waals surface area contributed by atoms with E-state index in [4.69, 9.17) is 4.74 Å². The van der Waals surface area contributed by atoms with Gasteiger partial charge >= 0.3 is 5.97 Å². The van der Waals surface area contributed by atoms with Gasteiger partial charge in [0.05, 0.1) is 25.3 Å². The van der Waals surface area contributed by atoms with Crippen molar-refractivity contribution in [1.82, 2.24) is 5.32 Å². The highest BCUT2D eigenvalue weighted by Gasteiger charge is 2.37. The molecule has 0 saturated heterocycles. The van der Waals surface area contributed by atoms with Crippen molar-refractivity contribution in [3.05, 3.63) is 41.1 Å². The molecule has 0 bridgehead atoms. The predicted octanol–water partition coefficient (Wildman–Crippen LogP) is 2.30. The lowest BCUT2D eigenvalue weighted by Gasteiger charge is -2.10. The molecule has 5 nitrogen and oxygen atoms in total. The molecular weight excluding hydrogens is 327 g/mol. The molecule has 0 aliphatic heterocycles. The van der Waals surface area contributed by atoms with Crippen molar-refractivity contribution >= 4 is 11.8 Å². The Morgan fingerprint density at radius 2 is 2.04 bits per heavy atom. The van der Waals surface area contributed by atoms with Gasteiger partial charge in [0.15, 0.2) is 17.4 Å². The Bertz CT molecular complexity index is 690. The summed E-state index contributed by atoms with van der Waals surface area (Å²) >= 11 is 0. The summed E-state index contributed by atoms with van der Waals surface area (Å²) < 4.78 is 49.9. The number of halogens is 3. The summed E-state index contributed by atoms with van der Waals surface area (Å²) in [6, 6.07) is 1.25. The lowest BCUT2D eigenvalue weighted by atomic mass is 10.0. The molecule has 1 aliphatic carbocycles. The molecule has 1 aromatic rings. The van der Waals surface area contributed by atoms with Crippen molar-refractivity contribution in [3.8, 4) is 5.75 Å². The number of esters is 1. The summed E-state index contributed by atoms with van der Waals surface area (Å²) in [6.45, 7) is 1.53. The highest BCUT2D eigenvalue weighted by molar-refractivity contribution is 6.24. The second kappa shape index (κ2) is 7.37. The summed E-state index contributed by atoms with van der Waals surface area (Å²) in [7, 11) is 1.05. The number of rotatable bonds is 7. The standard InChI is InChI=1S/C16H16F3NO4/c1-3-24-16(22)9(7-20-12-6-11(12)18)14(21)8-4-5-10(17)15(23-2)13(8)19/h4-5,7,11-12,20H,3,6H2,1-2H3/t11-,12+/m0/s1. The second-order valence-corrected chi connectivity index (χ2v) is 5.07. The summed E-state index contributed by atoms with van der Waals surface area (Å²) in [5.74, 6) is -4.96.